The van der Waals surface area contributed by atoms with Crippen molar-refractivity contribution in [1.82, 2.24) is 10.2 Å². The van der Waals surface area contributed by atoms with Gasteiger partial charge in [-0.1, -0.05) is 19.8 Å². The normalized spacial score (nSPS) is 34.0. The minimum atomic E-state index is 0.771. The van der Waals surface area contributed by atoms with Crippen molar-refractivity contribution >= 4 is 0 Å². The molecule has 0 aromatic carbocycles. The van der Waals surface area contributed by atoms with Gasteiger partial charge in [0.05, 0.1) is 0 Å². The van der Waals surface area contributed by atoms with Crippen LogP contribution in [0.1, 0.15) is 39.0 Å². The van der Waals surface area contributed by atoms with Crippen LogP contribution in [-0.2, 0) is 0 Å². The van der Waals surface area contributed by atoms with Crippen LogP contribution in [0.15, 0.2) is 0 Å². The number of nitrogens with one attached hydrogen (secondary N) is 1. The lowest BCUT2D eigenvalue weighted by Crippen LogP contribution is -2.49. The summed E-state index contributed by atoms with van der Waals surface area (Å²) in [6.45, 7) is 6.37. The second kappa shape index (κ2) is 5.31. The highest BCUT2D eigenvalue weighted by atomic mass is 15.1. The van der Waals surface area contributed by atoms with E-state index in [1.54, 1.807) is 0 Å². The maximum atomic E-state index is 3.48. The molecule has 2 atom stereocenters. The van der Waals surface area contributed by atoms with Gasteiger partial charge >= 0.3 is 0 Å². The van der Waals surface area contributed by atoms with Crippen molar-refractivity contribution in [2.24, 2.45) is 11.8 Å². The lowest BCUT2D eigenvalue weighted by molar-refractivity contribution is 0.102. The van der Waals surface area contributed by atoms with Crippen molar-refractivity contribution in [3.05, 3.63) is 0 Å². The molecular weight excluding hydrogens is 184 g/mol. The van der Waals surface area contributed by atoms with Crippen LogP contribution in [0.25, 0.3) is 0 Å². The molecule has 88 valence electrons. The van der Waals surface area contributed by atoms with E-state index in [2.05, 4.69) is 24.2 Å². The Labute approximate surface area is 94.4 Å². The summed E-state index contributed by atoms with van der Waals surface area (Å²) in [4.78, 5) is 2.71. The van der Waals surface area contributed by atoms with Crippen LogP contribution in [0, 0.1) is 11.8 Å². The first-order valence-corrected chi connectivity index (χ1v) is 6.73. The van der Waals surface area contributed by atoms with Crippen molar-refractivity contribution in [3.8, 4) is 0 Å². The van der Waals surface area contributed by atoms with E-state index in [1.807, 2.05) is 0 Å². The first kappa shape index (κ1) is 11.4. The molecule has 2 heteroatoms. The Morgan fingerprint density at radius 1 is 1.27 bits per heavy atom. The molecule has 1 aliphatic heterocycles. The quantitative estimate of drug-likeness (QED) is 0.764. The molecule has 1 saturated heterocycles. The predicted octanol–water partition coefficient (Wildman–Crippen LogP) is 2.11. The lowest BCUT2D eigenvalue weighted by Gasteiger charge is -2.41. The average molecular weight is 210 g/mol. The molecule has 0 spiro atoms. The average Bonchev–Trinajstić information content (AvgIpc) is 2.23. The third-order valence-electron chi connectivity index (χ3n) is 4.45. The van der Waals surface area contributed by atoms with Gasteiger partial charge in [-0.25, -0.2) is 0 Å². The zero-order valence-corrected chi connectivity index (χ0v) is 10.3. The third-order valence-corrected chi connectivity index (χ3v) is 4.45. The van der Waals surface area contributed by atoms with Crippen LogP contribution in [-0.4, -0.2) is 37.6 Å². The molecule has 0 bridgehead atoms. The Balaban J connectivity index is 1.78. The van der Waals surface area contributed by atoms with E-state index in [0.29, 0.717) is 0 Å². The molecule has 1 aliphatic carbocycles. The van der Waals surface area contributed by atoms with Crippen LogP contribution in [0.3, 0.4) is 0 Å². The molecule has 0 aromatic rings. The smallest absolute Gasteiger partial charge is 0.0117 e. The van der Waals surface area contributed by atoms with Crippen LogP contribution >= 0.6 is 0 Å². The summed E-state index contributed by atoms with van der Waals surface area (Å²) < 4.78 is 0. The Kier molecular flexibility index (Phi) is 4.04. The molecule has 2 fully saturated rings. The van der Waals surface area contributed by atoms with Gasteiger partial charge in [0.1, 0.15) is 0 Å². The van der Waals surface area contributed by atoms with Crippen LogP contribution < -0.4 is 5.32 Å². The molecule has 1 saturated carbocycles. The largest absolute Gasteiger partial charge is 0.317 e. The van der Waals surface area contributed by atoms with Gasteiger partial charge in [-0.05, 0) is 44.7 Å². The standard InChI is InChI=1S/C13H26N2/c1-3-12-10-15(8-7-13(12)14-2)9-11-5-4-6-11/h11-14H,3-10H2,1-2H3. The summed E-state index contributed by atoms with van der Waals surface area (Å²) >= 11 is 0. The summed E-state index contributed by atoms with van der Waals surface area (Å²) in [7, 11) is 2.12. The lowest BCUT2D eigenvalue weighted by atomic mass is 9.83. The van der Waals surface area contributed by atoms with E-state index >= 15 is 0 Å². The fourth-order valence-electron chi connectivity index (χ4n) is 3.11. The van der Waals surface area contributed by atoms with Crippen molar-refractivity contribution in [1.29, 1.82) is 0 Å². The molecule has 0 amide bonds. The van der Waals surface area contributed by atoms with Crippen molar-refractivity contribution < 1.29 is 0 Å². The first-order valence-electron chi connectivity index (χ1n) is 6.73. The SMILES string of the molecule is CCC1CN(CC2CCC2)CCC1NC. The number of hydrogen-bond acceptors (Lipinski definition) is 2. The van der Waals surface area contributed by atoms with Crippen molar-refractivity contribution in [2.75, 3.05) is 26.7 Å². The van der Waals surface area contributed by atoms with Gasteiger partial charge < -0.3 is 10.2 Å². The summed E-state index contributed by atoms with van der Waals surface area (Å²) in [5.41, 5.74) is 0. The third kappa shape index (κ3) is 2.73. The Morgan fingerprint density at radius 3 is 2.60 bits per heavy atom. The fraction of sp³-hybridized carbons (Fsp3) is 1.00. The predicted molar refractivity (Wildman–Crippen MR) is 65.0 cm³/mol. The van der Waals surface area contributed by atoms with Gasteiger partial charge in [0.15, 0.2) is 0 Å². The maximum absolute atomic E-state index is 3.48. The number of piperidine rings is 1. The van der Waals surface area contributed by atoms with E-state index in [1.165, 1.54) is 51.7 Å². The molecular formula is C13H26N2. The van der Waals surface area contributed by atoms with E-state index in [-0.39, 0.29) is 0 Å². The summed E-state index contributed by atoms with van der Waals surface area (Å²) in [6, 6.07) is 0.771. The Bertz CT molecular complexity index is 189. The number of nitrogens with zero attached hydrogens (tertiary/aromatic N) is 1. The Hall–Kier alpha value is -0.0800. The van der Waals surface area contributed by atoms with Crippen LogP contribution in [0.4, 0.5) is 0 Å². The minimum Gasteiger partial charge on any atom is -0.317 e. The molecule has 0 aromatic heterocycles. The highest BCUT2D eigenvalue weighted by molar-refractivity contribution is 4.85. The topological polar surface area (TPSA) is 15.3 Å². The van der Waals surface area contributed by atoms with Gasteiger partial charge in [-0.3, -0.25) is 0 Å². The van der Waals surface area contributed by atoms with Crippen molar-refractivity contribution in [2.45, 2.75) is 45.1 Å². The maximum Gasteiger partial charge on any atom is 0.0117 e. The minimum absolute atomic E-state index is 0.771. The van der Waals surface area contributed by atoms with Crippen LogP contribution in [0.5, 0.6) is 0 Å². The summed E-state index contributed by atoms with van der Waals surface area (Å²) in [6.07, 6.45) is 7.13. The Morgan fingerprint density at radius 2 is 2.07 bits per heavy atom. The molecule has 2 unspecified atom stereocenters. The number of likely N-dealkylation sites (tertiary alicyclic amines) is 1. The molecule has 2 rings (SSSR count). The summed E-state index contributed by atoms with van der Waals surface area (Å²) in [5, 5.41) is 3.48. The van der Waals surface area contributed by atoms with Gasteiger partial charge in [0.2, 0.25) is 0 Å². The molecule has 2 aliphatic rings. The number of rotatable bonds is 4. The van der Waals surface area contributed by atoms with Crippen molar-refractivity contribution in [3.63, 3.8) is 0 Å². The van der Waals surface area contributed by atoms with E-state index in [4.69, 9.17) is 0 Å². The highest BCUT2D eigenvalue weighted by Crippen LogP contribution is 2.29. The van der Waals surface area contributed by atoms with Crippen LogP contribution in [0.2, 0.25) is 0 Å². The first-order chi connectivity index (χ1) is 7.33. The van der Waals surface area contributed by atoms with Gasteiger partial charge in [0.25, 0.3) is 0 Å². The molecule has 2 nitrogen and oxygen atoms in total. The molecule has 15 heavy (non-hydrogen) atoms. The fourth-order valence-corrected chi connectivity index (χ4v) is 3.11. The molecule has 1 heterocycles. The van der Waals surface area contributed by atoms with Gasteiger partial charge in [0, 0.05) is 19.1 Å². The monoisotopic (exact) mass is 210 g/mol. The van der Waals surface area contributed by atoms with E-state index in [0.717, 1.165) is 17.9 Å². The summed E-state index contributed by atoms with van der Waals surface area (Å²) in [5.74, 6) is 1.91. The van der Waals surface area contributed by atoms with E-state index in [9.17, 15) is 0 Å². The number of hydrogen-bond donors (Lipinski definition) is 1. The second-order valence-corrected chi connectivity index (χ2v) is 5.41. The highest BCUT2D eigenvalue weighted by Gasteiger charge is 2.29. The van der Waals surface area contributed by atoms with Gasteiger partial charge in [-0.15, -0.1) is 0 Å². The zero-order valence-electron chi connectivity index (χ0n) is 10.3. The molecule has 0 radical (unpaired) electrons. The zero-order chi connectivity index (χ0) is 10.7. The van der Waals surface area contributed by atoms with Gasteiger partial charge in [-0.2, -0.15) is 0 Å². The second-order valence-electron chi connectivity index (χ2n) is 5.41. The molecule has 1 N–H and O–H groups in total. The van der Waals surface area contributed by atoms with E-state index < -0.39 is 0 Å².